The summed E-state index contributed by atoms with van der Waals surface area (Å²) in [5.41, 5.74) is 0.704. The predicted octanol–water partition coefficient (Wildman–Crippen LogP) is 7.46. The molecule has 0 unspecified atom stereocenters. The van der Waals surface area contributed by atoms with Gasteiger partial charge in [0.05, 0.1) is 19.8 Å². The first kappa shape index (κ1) is 25.1. The van der Waals surface area contributed by atoms with Gasteiger partial charge in [0.25, 0.3) is 0 Å². The van der Waals surface area contributed by atoms with E-state index in [2.05, 4.69) is 13.8 Å². The van der Waals surface area contributed by atoms with Crippen molar-refractivity contribution < 1.29 is 18.6 Å². The highest BCUT2D eigenvalue weighted by Gasteiger charge is 2.22. The summed E-state index contributed by atoms with van der Waals surface area (Å²) in [7, 11) is 0. The van der Waals surface area contributed by atoms with Crippen LogP contribution in [0, 0.1) is 11.7 Å². The van der Waals surface area contributed by atoms with Crippen molar-refractivity contribution in [2.45, 2.75) is 104 Å². The molecule has 1 aliphatic rings. The van der Waals surface area contributed by atoms with Crippen LogP contribution >= 0.6 is 0 Å². The van der Waals surface area contributed by atoms with Crippen molar-refractivity contribution in [3.63, 3.8) is 0 Å². The fourth-order valence-corrected chi connectivity index (χ4v) is 3.94. The van der Waals surface area contributed by atoms with E-state index in [1.165, 1.54) is 70.3 Å². The Morgan fingerprint density at radius 2 is 1.53 bits per heavy atom. The van der Waals surface area contributed by atoms with Gasteiger partial charge in [-0.15, -0.1) is 0 Å². The van der Waals surface area contributed by atoms with Crippen LogP contribution in [0.5, 0.6) is 5.75 Å². The van der Waals surface area contributed by atoms with E-state index in [0.29, 0.717) is 36.7 Å². The zero-order valence-electron chi connectivity index (χ0n) is 19.3. The molecule has 172 valence electrons. The van der Waals surface area contributed by atoms with E-state index in [1.54, 1.807) is 0 Å². The quantitative estimate of drug-likeness (QED) is 0.259. The molecule has 1 aromatic rings. The van der Waals surface area contributed by atoms with E-state index in [-0.39, 0.29) is 12.1 Å². The monoisotopic (exact) mass is 422 g/mol. The molecule has 1 fully saturated rings. The lowest BCUT2D eigenvalue weighted by molar-refractivity contribution is -0.203. The Morgan fingerprint density at radius 3 is 2.23 bits per heavy atom. The number of ether oxygens (including phenoxy) is 3. The lowest BCUT2D eigenvalue weighted by Crippen LogP contribution is -2.32. The van der Waals surface area contributed by atoms with Gasteiger partial charge in [0.15, 0.2) is 6.29 Å². The van der Waals surface area contributed by atoms with E-state index in [9.17, 15) is 4.39 Å². The second kappa shape index (κ2) is 15.6. The van der Waals surface area contributed by atoms with E-state index in [4.69, 9.17) is 14.2 Å². The van der Waals surface area contributed by atoms with Gasteiger partial charge in [-0.05, 0) is 30.9 Å². The van der Waals surface area contributed by atoms with Gasteiger partial charge >= 0.3 is 0 Å². The molecule has 0 aliphatic carbocycles. The van der Waals surface area contributed by atoms with Gasteiger partial charge in [-0.25, -0.2) is 4.39 Å². The molecule has 1 aromatic carbocycles. The number of unbranched alkanes of at least 4 members (excludes halogenated alkanes) is 8. The van der Waals surface area contributed by atoms with Gasteiger partial charge in [0.1, 0.15) is 11.6 Å². The summed E-state index contributed by atoms with van der Waals surface area (Å²) in [6, 6.07) is 5.24. The molecule has 30 heavy (non-hydrogen) atoms. The summed E-state index contributed by atoms with van der Waals surface area (Å²) in [6.07, 6.45) is 14.8. The molecule has 0 saturated carbocycles. The number of hydrogen-bond acceptors (Lipinski definition) is 3. The fourth-order valence-electron chi connectivity index (χ4n) is 3.94. The molecule has 1 aliphatic heterocycles. The van der Waals surface area contributed by atoms with Crippen molar-refractivity contribution in [2.75, 3.05) is 19.8 Å². The predicted molar refractivity (Wildman–Crippen MR) is 122 cm³/mol. The molecule has 0 aromatic heterocycles. The van der Waals surface area contributed by atoms with Gasteiger partial charge in [0.2, 0.25) is 0 Å². The molecule has 0 atom stereocenters. The SMILES string of the molecule is CCCCCCCCCOc1ccc(CCC2OCC(CCCCC)CO2)c(F)c1. The van der Waals surface area contributed by atoms with Crippen molar-refractivity contribution in [2.24, 2.45) is 5.92 Å². The third kappa shape index (κ3) is 10.3. The lowest BCUT2D eigenvalue weighted by Gasteiger charge is -2.29. The van der Waals surface area contributed by atoms with E-state index in [0.717, 1.165) is 19.6 Å². The van der Waals surface area contributed by atoms with Crippen LogP contribution in [0.15, 0.2) is 18.2 Å². The van der Waals surface area contributed by atoms with E-state index >= 15 is 0 Å². The third-order valence-corrected chi connectivity index (χ3v) is 5.94. The maximum Gasteiger partial charge on any atom is 0.157 e. The molecule has 3 nitrogen and oxygen atoms in total. The molecular formula is C26H43FO3. The largest absolute Gasteiger partial charge is 0.493 e. The standard InChI is InChI=1S/C26H43FO3/c1-3-5-7-8-9-10-12-18-28-24-16-14-23(25(27)19-24)15-17-26-29-20-22(21-30-26)13-11-6-4-2/h14,16,19,22,26H,3-13,15,17-18,20-21H2,1-2H3. The molecule has 0 bridgehead atoms. The Hall–Kier alpha value is -1.13. The van der Waals surface area contributed by atoms with Crippen molar-refractivity contribution >= 4 is 0 Å². The summed E-state index contributed by atoms with van der Waals surface area (Å²) >= 11 is 0. The van der Waals surface area contributed by atoms with Crippen LogP contribution in [-0.2, 0) is 15.9 Å². The molecule has 1 saturated heterocycles. The van der Waals surface area contributed by atoms with Gasteiger partial charge in [-0.2, -0.15) is 0 Å². The van der Waals surface area contributed by atoms with Crippen LogP contribution in [0.1, 0.15) is 96.5 Å². The summed E-state index contributed by atoms with van der Waals surface area (Å²) in [6.45, 7) is 6.65. The molecular weight excluding hydrogens is 379 g/mol. The van der Waals surface area contributed by atoms with Crippen molar-refractivity contribution in [1.29, 1.82) is 0 Å². The molecule has 0 N–H and O–H groups in total. The maximum atomic E-state index is 14.4. The summed E-state index contributed by atoms with van der Waals surface area (Å²) in [5.74, 6) is 0.944. The summed E-state index contributed by atoms with van der Waals surface area (Å²) in [5, 5.41) is 0. The second-order valence-electron chi connectivity index (χ2n) is 8.72. The Bertz CT molecular complexity index is 555. The third-order valence-electron chi connectivity index (χ3n) is 5.94. The van der Waals surface area contributed by atoms with Gasteiger partial charge in [-0.3, -0.25) is 0 Å². The first-order valence-electron chi connectivity index (χ1n) is 12.4. The van der Waals surface area contributed by atoms with Crippen LogP contribution in [0.2, 0.25) is 0 Å². The van der Waals surface area contributed by atoms with Crippen LogP contribution in [0.25, 0.3) is 0 Å². The zero-order valence-corrected chi connectivity index (χ0v) is 19.3. The Labute approximate surface area is 183 Å². The number of aryl methyl sites for hydroxylation is 1. The van der Waals surface area contributed by atoms with Crippen LogP contribution in [0.4, 0.5) is 4.39 Å². The first-order valence-corrected chi connectivity index (χ1v) is 12.4. The van der Waals surface area contributed by atoms with Crippen LogP contribution in [0.3, 0.4) is 0 Å². The topological polar surface area (TPSA) is 27.7 Å². The number of halogens is 1. The molecule has 0 spiro atoms. The highest BCUT2D eigenvalue weighted by Crippen LogP contribution is 2.23. The fraction of sp³-hybridized carbons (Fsp3) is 0.769. The highest BCUT2D eigenvalue weighted by molar-refractivity contribution is 5.29. The molecule has 2 rings (SSSR count). The normalized spacial score (nSPS) is 19.2. The average Bonchev–Trinajstić information content (AvgIpc) is 2.76. The summed E-state index contributed by atoms with van der Waals surface area (Å²) in [4.78, 5) is 0. The first-order chi connectivity index (χ1) is 14.7. The van der Waals surface area contributed by atoms with Crippen molar-refractivity contribution in [3.05, 3.63) is 29.6 Å². The van der Waals surface area contributed by atoms with Crippen molar-refractivity contribution in [3.8, 4) is 5.75 Å². The highest BCUT2D eigenvalue weighted by atomic mass is 19.1. The van der Waals surface area contributed by atoms with Crippen LogP contribution in [-0.4, -0.2) is 26.1 Å². The Morgan fingerprint density at radius 1 is 0.867 bits per heavy atom. The lowest BCUT2D eigenvalue weighted by atomic mass is 10.0. The minimum atomic E-state index is -0.208. The smallest absolute Gasteiger partial charge is 0.157 e. The summed E-state index contributed by atoms with van der Waals surface area (Å²) < 4.78 is 31.8. The second-order valence-corrected chi connectivity index (χ2v) is 8.72. The molecule has 0 amide bonds. The molecule has 4 heteroatoms. The maximum absolute atomic E-state index is 14.4. The zero-order chi connectivity index (χ0) is 21.4. The van der Waals surface area contributed by atoms with Gasteiger partial charge in [-0.1, -0.05) is 77.7 Å². The molecule has 0 radical (unpaired) electrons. The number of benzene rings is 1. The van der Waals surface area contributed by atoms with E-state index < -0.39 is 0 Å². The Balaban J connectivity index is 1.59. The number of rotatable bonds is 16. The minimum Gasteiger partial charge on any atom is -0.493 e. The average molecular weight is 423 g/mol. The molecule has 1 heterocycles. The van der Waals surface area contributed by atoms with Gasteiger partial charge < -0.3 is 14.2 Å². The Kier molecular flexibility index (Phi) is 13.1. The minimum absolute atomic E-state index is 0.194. The van der Waals surface area contributed by atoms with Gasteiger partial charge in [0, 0.05) is 18.4 Å². The van der Waals surface area contributed by atoms with E-state index in [1.807, 2.05) is 12.1 Å². The number of hydrogen-bond donors (Lipinski definition) is 0. The van der Waals surface area contributed by atoms with Crippen molar-refractivity contribution in [1.82, 2.24) is 0 Å². The van der Waals surface area contributed by atoms with Crippen LogP contribution < -0.4 is 4.74 Å².